The molecule has 2 heterocycles. The molecule has 0 aliphatic carbocycles. The molecule has 1 aliphatic rings. The molecule has 1 saturated heterocycles. The van der Waals surface area contributed by atoms with E-state index in [0.29, 0.717) is 38.0 Å². The molecule has 2 N–H and O–H groups in total. The van der Waals surface area contributed by atoms with Crippen molar-refractivity contribution in [3.8, 4) is 0 Å². The summed E-state index contributed by atoms with van der Waals surface area (Å²) >= 11 is 3.38. The monoisotopic (exact) mass is 440 g/mol. The molecule has 28 heavy (non-hydrogen) atoms. The number of piperidine rings is 1. The summed E-state index contributed by atoms with van der Waals surface area (Å²) in [5.74, 6) is 0.723. The normalized spacial score (nSPS) is 15.0. The molecular formula is C21H21BrN4O2. The van der Waals surface area contributed by atoms with Crippen molar-refractivity contribution >= 4 is 38.8 Å². The van der Waals surface area contributed by atoms with Crippen molar-refractivity contribution in [3.05, 3.63) is 64.4 Å². The van der Waals surface area contributed by atoms with E-state index >= 15 is 0 Å². The minimum atomic E-state index is -0.0710. The SMILES string of the molecule is O=C(NCc1nc2ccccc2[nH]1)C1CCN(C(=O)c2ccc(Br)cc2)CC1. The van der Waals surface area contributed by atoms with Crippen molar-refractivity contribution in [1.29, 1.82) is 0 Å². The van der Waals surface area contributed by atoms with E-state index < -0.39 is 0 Å². The van der Waals surface area contributed by atoms with Gasteiger partial charge < -0.3 is 15.2 Å². The van der Waals surface area contributed by atoms with E-state index in [0.717, 1.165) is 21.3 Å². The lowest BCUT2D eigenvalue weighted by molar-refractivity contribution is -0.126. The largest absolute Gasteiger partial charge is 0.349 e. The Hall–Kier alpha value is -2.67. The number of nitrogens with one attached hydrogen (secondary N) is 2. The Morgan fingerprint density at radius 3 is 2.54 bits per heavy atom. The number of likely N-dealkylation sites (tertiary alicyclic amines) is 1. The van der Waals surface area contributed by atoms with Gasteiger partial charge in [0.15, 0.2) is 0 Å². The average Bonchev–Trinajstić information content (AvgIpc) is 3.15. The van der Waals surface area contributed by atoms with Crippen LogP contribution >= 0.6 is 15.9 Å². The van der Waals surface area contributed by atoms with Crippen LogP contribution in [0.2, 0.25) is 0 Å². The number of amides is 2. The van der Waals surface area contributed by atoms with Gasteiger partial charge in [0.1, 0.15) is 5.82 Å². The van der Waals surface area contributed by atoms with Crippen molar-refractivity contribution in [2.45, 2.75) is 19.4 Å². The molecule has 144 valence electrons. The predicted octanol–water partition coefficient (Wildman–Crippen LogP) is 3.49. The van der Waals surface area contributed by atoms with Crippen LogP contribution in [0, 0.1) is 5.92 Å². The number of nitrogens with zero attached hydrogens (tertiary/aromatic N) is 2. The molecular weight excluding hydrogens is 420 g/mol. The van der Waals surface area contributed by atoms with Crippen molar-refractivity contribution < 1.29 is 9.59 Å². The number of rotatable bonds is 4. The number of aromatic amines is 1. The number of carbonyl (C=O) groups is 2. The summed E-state index contributed by atoms with van der Waals surface area (Å²) in [6.07, 6.45) is 1.35. The van der Waals surface area contributed by atoms with Crippen LogP contribution < -0.4 is 5.32 Å². The first kappa shape index (κ1) is 18.7. The number of aromatic nitrogens is 2. The van der Waals surface area contributed by atoms with Crippen molar-refractivity contribution in [2.24, 2.45) is 5.92 Å². The van der Waals surface area contributed by atoms with Crippen LogP contribution in [0.1, 0.15) is 29.0 Å². The van der Waals surface area contributed by atoms with E-state index in [1.807, 2.05) is 53.4 Å². The zero-order chi connectivity index (χ0) is 19.5. The van der Waals surface area contributed by atoms with Crippen LogP contribution in [0.25, 0.3) is 11.0 Å². The molecule has 0 unspecified atom stereocenters. The maximum atomic E-state index is 12.6. The number of para-hydroxylation sites is 2. The summed E-state index contributed by atoms with van der Waals surface area (Å²) in [4.78, 5) is 34.6. The zero-order valence-corrected chi connectivity index (χ0v) is 16.9. The number of benzene rings is 2. The molecule has 0 spiro atoms. The van der Waals surface area contributed by atoms with Gasteiger partial charge in [-0.3, -0.25) is 9.59 Å². The van der Waals surface area contributed by atoms with E-state index in [1.165, 1.54) is 0 Å². The molecule has 1 aliphatic heterocycles. The minimum absolute atomic E-state index is 0.0219. The van der Waals surface area contributed by atoms with Crippen LogP contribution in [0.5, 0.6) is 0 Å². The zero-order valence-electron chi connectivity index (χ0n) is 15.3. The van der Waals surface area contributed by atoms with Gasteiger partial charge in [-0.25, -0.2) is 4.98 Å². The first-order chi connectivity index (χ1) is 13.6. The number of carbonyl (C=O) groups excluding carboxylic acids is 2. The van der Waals surface area contributed by atoms with Crippen LogP contribution in [0.4, 0.5) is 0 Å². The van der Waals surface area contributed by atoms with E-state index in [2.05, 4.69) is 31.2 Å². The summed E-state index contributed by atoms with van der Waals surface area (Å²) in [5.41, 5.74) is 2.54. The molecule has 0 atom stereocenters. The highest BCUT2D eigenvalue weighted by Gasteiger charge is 2.27. The minimum Gasteiger partial charge on any atom is -0.349 e. The fraction of sp³-hybridized carbons (Fsp3) is 0.286. The first-order valence-electron chi connectivity index (χ1n) is 9.36. The van der Waals surface area contributed by atoms with Gasteiger partial charge in [0.25, 0.3) is 5.91 Å². The van der Waals surface area contributed by atoms with Gasteiger partial charge in [0.2, 0.25) is 5.91 Å². The molecule has 3 aromatic rings. The lowest BCUT2D eigenvalue weighted by atomic mass is 9.95. The second-order valence-corrected chi connectivity index (χ2v) is 7.91. The molecule has 7 heteroatoms. The number of H-pyrrole nitrogens is 1. The number of imidazole rings is 1. The molecule has 6 nitrogen and oxygen atoms in total. The Labute approximate surface area is 171 Å². The van der Waals surface area contributed by atoms with Crippen LogP contribution in [-0.2, 0) is 11.3 Å². The fourth-order valence-corrected chi connectivity index (χ4v) is 3.79. The van der Waals surface area contributed by atoms with Crippen LogP contribution in [-0.4, -0.2) is 39.8 Å². The van der Waals surface area contributed by atoms with Gasteiger partial charge in [0.05, 0.1) is 17.6 Å². The van der Waals surface area contributed by atoms with Crippen LogP contribution in [0.15, 0.2) is 53.0 Å². The lowest BCUT2D eigenvalue weighted by Gasteiger charge is -2.31. The first-order valence-corrected chi connectivity index (χ1v) is 10.2. The Morgan fingerprint density at radius 2 is 1.82 bits per heavy atom. The highest BCUT2D eigenvalue weighted by Crippen LogP contribution is 2.20. The molecule has 2 aromatic carbocycles. The van der Waals surface area contributed by atoms with Gasteiger partial charge in [-0.2, -0.15) is 0 Å². The van der Waals surface area contributed by atoms with Gasteiger partial charge in [-0.05, 0) is 49.2 Å². The second-order valence-electron chi connectivity index (χ2n) is 6.99. The predicted molar refractivity (Wildman–Crippen MR) is 111 cm³/mol. The van der Waals surface area contributed by atoms with Gasteiger partial charge in [-0.1, -0.05) is 28.1 Å². The Bertz CT molecular complexity index is 958. The Morgan fingerprint density at radius 1 is 1.11 bits per heavy atom. The summed E-state index contributed by atoms with van der Waals surface area (Å²) in [5, 5.41) is 2.97. The van der Waals surface area contributed by atoms with Crippen molar-refractivity contribution in [2.75, 3.05) is 13.1 Å². The number of fused-ring (bicyclic) bond motifs is 1. The van der Waals surface area contributed by atoms with E-state index in [-0.39, 0.29) is 17.7 Å². The number of hydrogen-bond donors (Lipinski definition) is 2. The van der Waals surface area contributed by atoms with Crippen molar-refractivity contribution in [3.63, 3.8) is 0 Å². The summed E-state index contributed by atoms with van der Waals surface area (Å²) in [6.45, 7) is 1.57. The third-order valence-electron chi connectivity index (χ3n) is 5.11. The molecule has 0 radical (unpaired) electrons. The summed E-state index contributed by atoms with van der Waals surface area (Å²) in [6, 6.07) is 15.2. The maximum Gasteiger partial charge on any atom is 0.253 e. The van der Waals surface area contributed by atoms with E-state index in [9.17, 15) is 9.59 Å². The van der Waals surface area contributed by atoms with E-state index in [1.54, 1.807) is 0 Å². The third-order valence-corrected chi connectivity index (χ3v) is 5.64. The van der Waals surface area contributed by atoms with Crippen LogP contribution in [0.3, 0.4) is 0 Å². The quantitative estimate of drug-likeness (QED) is 0.651. The standard InChI is InChI=1S/C21H21BrN4O2/c22-16-7-5-15(6-8-16)21(28)26-11-9-14(10-12-26)20(27)23-13-19-24-17-3-1-2-4-18(17)25-19/h1-8,14H,9-13H2,(H,23,27)(H,24,25). The highest BCUT2D eigenvalue weighted by atomic mass is 79.9. The average molecular weight is 441 g/mol. The van der Waals surface area contributed by atoms with Gasteiger partial charge in [-0.15, -0.1) is 0 Å². The fourth-order valence-electron chi connectivity index (χ4n) is 3.52. The molecule has 2 amide bonds. The van der Waals surface area contributed by atoms with Gasteiger partial charge >= 0.3 is 0 Å². The topological polar surface area (TPSA) is 78.1 Å². The third kappa shape index (κ3) is 4.09. The summed E-state index contributed by atoms with van der Waals surface area (Å²) < 4.78 is 0.948. The molecule has 0 bridgehead atoms. The Kier molecular flexibility index (Phi) is 5.43. The smallest absolute Gasteiger partial charge is 0.253 e. The number of halogens is 1. The van der Waals surface area contributed by atoms with Gasteiger partial charge in [0, 0.05) is 29.0 Å². The lowest BCUT2D eigenvalue weighted by Crippen LogP contribution is -2.43. The molecule has 0 saturated carbocycles. The number of hydrogen-bond acceptors (Lipinski definition) is 3. The second kappa shape index (κ2) is 8.14. The molecule has 1 aromatic heterocycles. The molecule has 1 fully saturated rings. The van der Waals surface area contributed by atoms with E-state index in [4.69, 9.17) is 0 Å². The summed E-state index contributed by atoms with van der Waals surface area (Å²) in [7, 11) is 0. The molecule has 4 rings (SSSR count). The van der Waals surface area contributed by atoms with Crippen molar-refractivity contribution in [1.82, 2.24) is 20.2 Å². The Balaban J connectivity index is 1.28. The highest BCUT2D eigenvalue weighted by molar-refractivity contribution is 9.10. The maximum absolute atomic E-state index is 12.6.